The van der Waals surface area contributed by atoms with Crippen molar-refractivity contribution in [2.75, 3.05) is 0 Å². The van der Waals surface area contributed by atoms with E-state index < -0.39 is 12.0 Å². The van der Waals surface area contributed by atoms with Crippen LogP contribution in [0.1, 0.15) is 101 Å². The predicted molar refractivity (Wildman–Crippen MR) is 192 cm³/mol. The third-order valence-electron chi connectivity index (χ3n) is 7.40. The molecular formula is C36H44BBrN2O6. The minimum atomic E-state index is -1.66. The van der Waals surface area contributed by atoms with Gasteiger partial charge in [0, 0.05) is 28.7 Å². The summed E-state index contributed by atoms with van der Waals surface area (Å²) in [6.07, 6.45) is 0. The molecule has 0 aliphatic heterocycles. The van der Waals surface area contributed by atoms with Gasteiger partial charge in [-0.1, -0.05) is 132 Å². The van der Waals surface area contributed by atoms with Crippen LogP contribution in [-0.2, 0) is 0 Å². The standard InChI is InChI=1S/C18H21NO2.C12H17Br.C6H6BNO4/c1-12(2)16-9-6-10-17(13(3)4)18(16)14-7-5-8-15(11-14)19(20)21;1-8(2)10-6-5-7-11(9(3)4)12(10)13;9-7(10)5-2-1-3-6(4-5)8(11)12/h5-13H,1-4H3;5-9H,1-4H3;1-4,9-10H. The number of hydrogen-bond donors (Lipinski definition) is 2. The van der Waals surface area contributed by atoms with E-state index in [1.165, 1.54) is 51.0 Å². The molecule has 0 bridgehead atoms. The Morgan fingerprint density at radius 3 is 1.35 bits per heavy atom. The first-order valence-electron chi connectivity index (χ1n) is 15.3. The van der Waals surface area contributed by atoms with Gasteiger partial charge in [-0.25, -0.2) is 0 Å². The maximum atomic E-state index is 11.0. The first-order chi connectivity index (χ1) is 21.6. The summed E-state index contributed by atoms with van der Waals surface area (Å²) in [5.41, 5.74) is 7.47. The topological polar surface area (TPSA) is 127 Å². The molecule has 0 aliphatic carbocycles. The van der Waals surface area contributed by atoms with Crippen LogP contribution in [0.25, 0.3) is 11.1 Å². The zero-order chi connectivity index (χ0) is 34.7. The predicted octanol–water partition coefficient (Wildman–Crippen LogP) is 9.48. The van der Waals surface area contributed by atoms with Gasteiger partial charge in [-0.15, -0.1) is 0 Å². The fourth-order valence-electron chi connectivity index (χ4n) is 4.92. The molecule has 4 aromatic rings. The van der Waals surface area contributed by atoms with Gasteiger partial charge in [-0.2, -0.15) is 0 Å². The number of nitrogens with zero attached hydrogens (tertiary/aromatic N) is 2. The monoisotopic (exact) mass is 690 g/mol. The van der Waals surface area contributed by atoms with Crippen molar-refractivity contribution in [2.24, 2.45) is 0 Å². The molecule has 0 heterocycles. The molecule has 0 aliphatic rings. The van der Waals surface area contributed by atoms with Gasteiger partial charge in [0.05, 0.1) is 9.85 Å². The average Bonchev–Trinajstić information content (AvgIpc) is 3.01. The molecular weight excluding hydrogens is 647 g/mol. The zero-order valence-corrected chi connectivity index (χ0v) is 29.4. The maximum absolute atomic E-state index is 11.0. The largest absolute Gasteiger partial charge is 0.488 e. The summed E-state index contributed by atoms with van der Waals surface area (Å²) in [6, 6.07) is 25.0. The van der Waals surface area contributed by atoms with Gasteiger partial charge in [0.25, 0.3) is 11.4 Å². The molecule has 0 spiro atoms. The fraction of sp³-hybridized carbons (Fsp3) is 0.333. The summed E-state index contributed by atoms with van der Waals surface area (Å²) in [5, 5.41) is 38.6. The molecule has 0 saturated carbocycles. The first kappa shape index (κ1) is 38.3. The molecule has 10 heteroatoms. The quantitative estimate of drug-likeness (QED) is 0.108. The highest BCUT2D eigenvalue weighted by Gasteiger charge is 2.18. The molecule has 0 radical (unpaired) electrons. The van der Waals surface area contributed by atoms with Gasteiger partial charge in [0.2, 0.25) is 0 Å². The molecule has 0 fully saturated rings. The molecule has 0 aromatic heterocycles. The van der Waals surface area contributed by atoms with Crippen LogP contribution in [0, 0.1) is 20.2 Å². The normalized spacial score (nSPS) is 10.8. The van der Waals surface area contributed by atoms with Crippen LogP contribution in [0.2, 0.25) is 0 Å². The molecule has 244 valence electrons. The second kappa shape index (κ2) is 17.7. The Morgan fingerprint density at radius 1 is 0.587 bits per heavy atom. The summed E-state index contributed by atoms with van der Waals surface area (Å²) in [4.78, 5) is 20.3. The summed E-state index contributed by atoms with van der Waals surface area (Å²) in [5.74, 6) is 1.93. The van der Waals surface area contributed by atoms with Crippen molar-refractivity contribution in [3.63, 3.8) is 0 Å². The highest BCUT2D eigenvalue weighted by Crippen LogP contribution is 2.37. The van der Waals surface area contributed by atoms with Crippen molar-refractivity contribution in [1.82, 2.24) is 0 Å². The fourth-order valence-corrected chi connectivity index (χ4v) is 6.10. The number of nitro groups is 2. The molecule has 8 nitrogen and oxygen atoms in total. The van der Waals surface area contributed by atoms with Gasteiger partial charge in [-0.3, -0.25) is 20.2 Å². The summed E-state index contributed by atoms with van der Waals surface area (Å²) >= 11 is 3.68. The Balaban J connectivity index is 0.000000255. The van der Waals surface area contributed by atoms with Crippen molar-refractivity contribution in [3.05, 3.63) is 132 Å². The number of nitro benzene ring substituents is 2. The van der Waals surface area contributed by atoms with Crippen LogP contribution >= 0.6 is 15.9 Å². The third kappa shape index (κ3) is 10.6. The Hall–Kier alpha value is -3.86. The lowest BCUT2D eigenvalue weighted by Crippen LogP contribution is -2.29. The van der Waals surface area contributed by atoms with E-state index >= 15 is 0 Å². The van der Waals surface area contributed by atoms with Crippen LogP contribution in [0.4, 0.5) is 11.4 Å². The maximum Gasteiger partial charge on any atom is 0.488 e. The van der Waals surface area contributed by atoms with Crippen molar-refractivity contribution < 1.29 is 19.9 Å². The van der Waals surface area contributed by atoms with Crippen LogP contribution in [0.5, 0.6) is 0 Å². The SMILES string of the molecule is CC(C)c1cccc(C(C)C)c1-c1cccc([N+](=O)[O-])c1.CC(C)c1cccc(C(C)C)c1Br.O=[N+]([O-])c1cccc(B(O)O)c1. The molecule has 4 aromatic carbocycles. The number of rotatable bonds is 8. The van der Waals surface area contributed by atoms with Gasteiger partial charge < -0.3 is 10.0 Å². The first-order valence-corrected chi connectivity index (χ1v) is 16.1. The smallest absolute Gasteiger partial charge is 0.423 e. The van der Waals surface area contributed by atoms with Gasteiger partial charge in [-0.05, 0) is 62.5 Å². The van der Waals surface area contributed by atoms with E-state index in [4.69, 9.17) is 10.0 Å². The zero-order valence-electron chi connectivity index (χ0n) is 27.8. The van der Waals surface area contributed by atoms with E-state index in [2.05, 4.69) is 108 Å². The number of benzene rings is 4. The lowest BCUT2D eigenvalue weighted by Gasteiger charge is -2.19. The third-order valence-corrected chi connectivity index (χ3v) is 8.32. The van der Waals surface area contributed by atoms with Gasteiger partial charge >= 0.3 is 7.12 Å². The lowest BCUT2D eigenvalue weighted by molar-refractivity contribution is -0.385. The van der Waals surface area contributed by atoms with Crippen LogP contribution in [-0.4, -0.2) is 27.0 Å². The number of halogens is 1. The molecule has 4 rings (SSSR count). The van der Waals surface area contributed by atoms with Crippen molar-refractivity contribution in [2.45, 2.75) is 79.1 Å². The second-order valence-corrected chi connectivity index (χ2v) is 13.0. The van der Waals surface area contributed by atoms with Crippen molar-refractivity contribution in [3.8, 4) is 11.1 Å². The van der Waals surface area contributed by atoms with Crippen molar-refractivity contribution in [1.29, 1.82) is 0 Å². The van der Waals surface area contributed by atoms with Crippen LogP contribution in [0.15, 0.2) is 89.4 Å². The summed E-state index contributed by atoms with van der Waals surface area (Å²) < 4.78 is 1.29. The molecule has 0 atom stereocenters. The van der Waals surface area contributed by atoms with Gasteiger partial charge in [0.1, 0.15) is 0 Å². The Bertz CT molecular complexity index is 1570. The Labute approximate surface area is 281 Å². The van der Waals surface area contributed by atoms with Crippen LogP contribution in [0.3, 0.4) is 0 Å². The second-order valence-electron chi connectivity index (χ2n) is 12.2. The molecule has 2 N–H and O–H groups in total. The minimum absolute atomic E-state index is 0.115. The van der Waals surface area contributed by atoms with E-state index in [0.29, 0.717) is 23.7 Å². The van der Waals surface area contributed by atoms with E-state index in [1.807, 2.05) is 6.07 Å². The highest BCUT2D eigenvalue weighted by molar-refractivity contribution is 9.10. The lowest BCUT2D eigenvalue weighted by atomic mass is 9.80. The van der Waals surface area contributed by atoms with E-state index in [1.54, 1.807) is 12.1 Å². The number of non-ortho nitro benzene ring substituents is 2. The summed E-state index contributed by atoms with van der Waals surface area (Å²) in [6.45, 7) is 17.5. The van der Waals surface area contributed by atoms with Crippen LogP contribution < -0.4 is 5.46 Å². The van der Waals surface area contributed by atoms with E-state index in [9.17, 15) is 20.2 Å². The minimum Gasteiger partial charge on any atom is -0.423 e. The van der Waals surface area contributed by atoms with Crippen molar-refractivity contribution >= 4 is 39.9 Å². The number of hydrogen-bond acceptors (Lipinski definition) is 6. The highest BCUT2D eigenvalue weighted by atomic mass is 79.9. The van der Waals surface area contributed by atoms with E-state index in [0.717, 1.165) is 17.2 Å². The average molecular weight is 691 g/mol. The Kier molecular flexibility index (Phi) is 14.8. The molecule has 46 heavy (non-hydrogen) atoms. The molecule has 0 unspecified atom stereocenters. The molecule has 0 amide bonds. The van der Waals surface area contributed by atoms with Gasteiger partial charge in [0.15, 0.2) is 0 Å². The Morgan fingerprint density at radius 2 is 0.957 bits per heavy atom. The van der Waals surface area contributed by atoms with E-state index in [-0.39, 0.29) is 21.8 Å². The molecule has 0 saturated heterocycles. The summed E-state index contributed by atoms with van der Waals surface area (Å²) in [7, 11) is -1.66.